The Kier molecular flexibility index (Phi) is 5.09. The first-order valence-corrected chi connectivity index (χ1v) is 7.26. The maximum atomic E-state index is 13.3. The Hall–Kier alpha value is -2.17. The fourth-order valence-electron chi connectivity index (χ4n) is 2.11. The summed E-state index contributed by atoms with van der Waals surface area (Å²) in [6, 6.07) is 4.94. The Labute approximate surface area is 124 Å². The molecule has 5 heteroatoms. The van der Waals surface area contributed by atoms with E-state index < -0.39 is 0 Å². The Balaban J connectivity index is 2.28. The molecule has 21 heavy (non-hydrogen) atoms. The molecule has 0 radical (unpaired) electrons. The summed E-state index contributed by atoms with van der Waals surface area (Å²) in [5.41, 5.74) is 2.47. The van der Waals surface area contributed by atoms with E-state index in [4.69, 9.17) is 0 Å². The SMILES string of the molecule is CCCNc1ncnc(Nc2ccc(F)c(C)c2)c1CC. The van der Waals surface area contributed by atoms with Crippen molar-refractivity contribution in [1.29, 1.82) is 0 Å². The van der Waals surface area contributed by atoms with Gasteiger partial charge < -0.3 is 10.6 Å². The van der Waals surface area contributed by atoms with E-state index in [-0.39, 0.29) is 5.82 Å². The number of nitrogens with one attached hydrogen (secondary N) is 2. The minimum Gasteiger partial charge on any atom is -0.370 e. The smallest absolute Gasteiger partial charge is 0.139 e. The number of halogens is 1. The Morgan fingerprint density at radius 2 is 1.90 bits per heavy atom. The number of aromatic nitrogens is 2. The highest BCUT2D eigenvalue weighted by molar-refractivity contribution is 5.65. The minimum atomic E-state index is -0.204. The Morgan fingerprint density at radius 3 is 2.57 bits per heavy atom. The number of nitrogens with zero attached hydrogens (tertiary/aromatic N) is 2. The van der Waals surface area contributed by atoms with E-state index >= 15 is 0 Å². The van der Waals surface area contributed by atoms with Gasteiger partial charge in [0.15, 0.2) is 0 Å². The van der Waals surface area contributed by atoms with Crippen molar-refractivity contribution in [3.05, 3.63) is 41.5 Å². The monoisotopic (exact) mass is 288 g/mol. The standard InChI is InChI=1S/C16H21FN4/c1-4-8-18-15-13(5-2)16(20-10-19-15)21-12-6-7-14(17)11(3)9-12/h6-7,9-10H,4-5,8H2,1-3H3,(H2,18,19,20,21). The van der Waals surface area contributed by atoms with Gasteiger partial charge in [0.05, 0.1) is 0 Å². The Bertz CT molecular complexity index is 613. The predicted octanol–water partition coefficient (Wildman–Crippen LogP) is 4.05. The minimum absolute atomic E-state index is 0.204. The number of hydrogen-bond donors (Lipinski definition) is 2. The van der Waals surface area contributed by atoms with Crippen LogP contribution < -0.4 is 10.6 Å². The van der Waals surface area contributed by atoms with Gasteiger partial charge in [-0.05, 0) is 43.5 Å². The second-order valence-electron chi connectivity index (χ2n) is 4.92. The fourth-order valence-corrected chi connectivity index (χ4v) is 2.11. The predicted molar refractivity (Wildman–Crippen MR) is 84.6 cm³/mol. The van der Waals surface area contributed by atoms with Gasteiger partial charge in [-0.2, -0.15) is 0 Å². The van der Waals surface area contributed by atoms with Gasteiger partial charge in [0.1, 0.15) is 23.8 Å². The zero-order chi connectivity index (χ0) is 15.2. The fraction of sp³-hybridized carbons (Fsp3) is 0.375. The summed E-state index contributed by atoms with van der Waals surface area (Å²) >= 11 is 0. The van der Waals surface area contributed by atoms with Crippen LogP contribution in [-0.2, 0) is 6.42 Å². The molecule has 2 rings (SSSR count). The third-order valence-corrected chi connectivity index (χ3v) is 3.26. The van der Waals surface area contributed by atoms with Crippen LogP contribution in [0.25, 0.3) is 0 Å². The van der Waals surface area contributed by atoms with Crippen molar-refractivity contribution in [3.8, 4) is 0 Å². The van der Waals surface area contributed by atoms with E-state index in [0.29, 0.717) is 5.56 Å². The molecule has 112 valence electrons. The lowest BCUT2D eigenvalue weighted by molar-refractivity contribution is 0.619. The molecule has 4 nitrogen and oxygen atoms in total. The lowest BCUT2D eigenvalue weighted by atomic mass is 10.2. The molecule has 0 bridgehead atoms. The van der Waals surface area contributed by atoms with Crippen LogP contribution in [0.2, 0.25) is 0 Å². The number of hydrogen-bond acceptors (Lipinski definition) is 4. The molecule has 0 aliphatic heterocycles. The van der Waals surface area contributed by atoms with Gasteiger partial charge >= 0.3 is 0 Å². The lowest BCUT2D eigenvalue weighted by Crippen LogP contribution is -2.08. The molecule has 0 aliphatic rings. The normalized spacial score (nSPS) is 10.5. The first-order chi connectivity index (χ1) is 10.2. The molecule has 0 aliphatic carbocycles. The zero-order valence-corrected chi connectivity index (χ0v) is 12.7. The molecule has 1 aromatic carbocycles. The molecular weight excluding hydrogens is 267 g/mol. The first kappa shape index (κ1) is 15.2. The van der Waals surface area contributed by atoms with Gasteiger partial charge in [-0.25, -0.2) is 14.4 Å². The molecular formula is C16H21FN4. The van der Waals surface area contributed by atoms with Gasteiger partial charge in [-0.15, -0.1) is 0 Å². The van der Waals surface area contributed by atoms with Gasteiger partial charge in [-0.1, -0.05) is 13.8 Å². The van der Waals surface area contributed by atoms with E-state index in [1.165, 1.54) is 12.4 Å². The zero-order valence-electron chi connectivity index (χ0n) is 12.7. The van der Waals surface area contributed by atoms with Gasteiger partial charge in [-0.3, -0.25) is 0 Å². The van der Waals surface area contributed by atoms with Crippen LogP contribution in [0.4, 0.5) is 21.7 Å². The van der Waals surface area contributed by atoms with Crippen LogP contribution in [0.3, 0.4) is 0 Å². The van der Waals surface area contributed by atoms with E-state index in [1.54, 1.807) is 19.1 Å². The van der Waals surface area contributed by atoms with Crippen molar-refractivity contribution >= 4 is 17.3 Å². The number of rotatable bonds is 6. The van der Waals surface area contributed by atoms with Crippen molar-refractivity contribution in [3.63, 3.8) is 0 Å². The highest BCUT2D eigenvalue weighted by Gasteiger charge is 2.10. The van der Waals surface area contributed by atoms with Gasteiger partial charge in [0.2, 0.25) is 0 Å². The summed E-state index contributed by atoms with van der Waals surface area (Å²) in [6.45, 7) is 6.80. The molecule has 2 aromatic rings. The van der Waals surface area contributed by atoms with E-state index in [2.05, 4.69) is 34.4 Å². The van der Waals surface area contributed by atoms with Crippen LogP contribution in [-0.4, -0.2) is 16.5 Å². The summed E-state index contributed by atoms with van der Waals surface area (Å²) in [6.07, 6.45) is 3.39. The number of benzene rings is 1. The highest BCUT2D eigenvalue weighted by atomic mass is 19.1. The molecule has 0 atom stereocenters. The maximum absolute atomic E-state index is 13.3. The van der Waals surface area contributed by atoms with Crippen LogP contribution in [0, 0.1) is 12.7 Å². The molecule has 2 N–H and O–H groups in total. The third kappa shape index (κ3) is 3.68. The third-order valence-electron chi connectivity index (χ3n) is 3.26. The van der Waals surface area contributed by atoms with Gasteiger partial charge in [0, 0.05) is 17.8 Å². The quantitative estimate of drug-likeness (QED) is 0.842. The molecule has 0 fully saturated rings. The Morgan fingerprint density at radius 1 is 1.14 bits per heavy atom. The highest BCUT2D eigenvalue weighted by Crippen LogP contribution is 2.24. The maximum Gasteiger partial charge on any atom is 0.139 e. The van der Waals surface area contributed by atoms with Crippen LogP contribution in [0.5, 0.6) is 0 Å². The largest absolute Gasteiger partial charge is 0.370 e. The van der Waals surface area contributed by atoms with Crippen molar-refractivity contribution in [1.82, 2.24) is 9.97 Å². The number of aryl methyl sites for hydroxylation is 1. The van der Waals surface area contributed by atoms with Crippen LogP contribution in [0.15, 0.2) is 24.5 Å². The summed E-state index contributed by atoms with van der Waals surface area (Å²) in [7, 11) is 0. The van der Waals surface area contributed by atoms with Gasteiger partial charge in [0.25, 0.3) is 0 Å². The number of anilines is 3. The van der Waals surface area contributed by atoms with Crippen molar-refractivity contribution in [2.24, 2.45) is 0 Å². The average molecular weight is 288 g/mol. The summed E-state index contributed by atoms with van der Waals surface area (Å²) < 4.78 is 13.3. The molecule has 0 unspecified atom stereocenters. The topological polar surface area (TPSA) is 49.8 Å². The van der Waals surface area contributed by atoms with E-state index in [9.17, 15) is 4.39 Å². The lowest BCUT2D eigenvalue weighted by Gasteiger charge is -2.14. The van der Waals surface area contributed by atoms with E-state index in [1.807, 2.05) is 0 Å². The van der Waals surface area contributed by atoms with Crippen LogP contribution in [0.1, 0.15) is 31.4 Å². The summed E-state index contributed by atoms with van der Waals surface area (Å²) in [5.74, 6) is 1.41. The molecule has 1 heterocycles. The molecule has 0 saturated heterocycles. The second kappa shape index (κ2) is 7.02. The van der Waals surface area contributed by atoms with Crippen molar-refractivity contribution in [2.45, 2.75) is 33.6 Å². The summed E-state index contributed by atoms with van der Waals surface area (Å²) in [4.78, 5) is 8.61. The van der Waals surface area contributed by atoms with Crippen molar-refractivity contribution < 1.29 is 4.39 Å². The summed E-state index contributed by atoms with van der Waals surface area (Å²) in [5, 5.41) is 6.56. The first-order valence-electron chi connectivity index (χ1n) is 7.26. The molecule has 1 aromatic heterocycles. The average Bonchev–Trinajstić information content (AvgIpc) is 2.49. The second-order valence-corrected chi connectivity index (χ2v) is 4.92. The molecule has 0 saturated carbocycles. The molecule has 0 amide bonds. The van der Waals surface area contributed by atoms with Crippen molar-refractivity contribution in [2.75, 3.05) is 17.2 Å². The van der Waals surface area contributed by atoms with Crippen LogP contribution >= 0.6 is 0 Å². The van der Waals surface area contributed by atoms with E-state index in [0.717, 1.165) is 42.3 Å². The molecule has 0 spiro atoms.